The van der Waals surface area contributed by atoms with E-state index in [9.17, 15) is 18.5 Å². The summed E-state index contributed by atoms with van der Waals surface area (Å²) in [4.78, 5) is 12.5. The molecular weight excluding hydrogens is 523 g/mol. The number of methoxy groups -OCH3 is 1. The normalized spacial score (nSPS) is 11.6. The number of aromatic nitrogens is 2. The largest absolute Gasteiger partial charge is 0.493 e. The number of halogens is 2. The number of sulfone groups is 1. The number of rotatable bonds is 8. The van der Waals surface area contributed by atoms with Crippen molar-refractivity contribution in [3.8, 4) is 17.6 Å². The molecule has 0 atom stereocenters. The first-order valence-electron chi connectivity index (χ1n) is 9.32. The molecule has 2 aromatic carbocycles. The summed E-state index contributed by atoms with van der Waals surface area (Å²) >= 11 is 12.8. The zero-order valence-electron chi connectivity index (χ0n) is 17.7. The Hall–Kier alpha value is -3.17. The number of nitrogens with zero attached hydrogens (tertiary/aromatic N) is 3. The fraction of sp³-hybridized carbons (Fsp3) is 0.143. The molecule has 0 saturated heterocycles. The lowest BCUT2D eigenvalue weighted by Crippen LogP contribution is -2.13. The summed E-state index contributed by atoms with van der Waals surface area (Å²) in [5.74, 6) is 0.0321. The van der Waals surface area contributed by atoms with Crippen molar-refractivity contribution in [3.63, 3.8) is 0 Å². The maximum atomic E-state index is 12.5. The molecule has 0 aliphatic rings. The Kier molecular flexibility index (Phi) is 8.11. The number of carbonyl (C=O) groups excluding carboxylic acids is 1. The monoisotopic (exact) mass is 538 g/mol. The number of benzene rings is 2. The van der Waals surface area contributed by atoms with Crippen LogP contribution >= 0.6 is 34.5 Å². The van der Waals surface area contributed by atoms with Gasteiger partial charge in [0.15, 0.2) is 11.5 Å². The number of hydrogen-bond donors (Lipinski definition) is 1. The van der Waals surface area contributed by atoms with Crippen LogP contribution in [0.2, 0.25) is 10.0 Å². The van der Waals surface area contributed by atoms with Gasteiger partial charge in [-0.15, -0.1) is 10.2 Å². The number of hydrogen-bond acceptors (Lipinski definition) is 9. The number of ether oxygens (including phenoxy) is 2. The first-order chi connectivity index (χ1) is 16.1. The second-order valence-corrected chi connectivity index (χ2v) is 10.7. The van der Waals surface area contributed by atoms with Crippen LogP contribution in [0.15, 0.2) is 46.3 Å². The zero-order valence-corrected chi connectivity index (χ0v) is 20.8. The number of nitriles is 1. The molecule has 0 fully saturated rings. The molecule has 0 unspecified atom stereocenters. The van der Waals surface area contributed by atoms with Gasteiger partial charge in [-0.1, -0.05) is 46.7 Å². The molecule has 13 heteroatoms. The molecule has 9 nitrogen and oxygen atoms in total. The minimum Gasteiger partial charge on any atom is -0.493 e. The van der Waals surface area contributed by atoms with Crippen molar-refractivity contribution in [1.82, 2.24) is 10.2 Å². The van der Waals surface area contributed by atoms with Gasteiger partial charge in [-0.25, -0.2) is 8.42 Å². The van der Waals surface area contributed by atoms with Gasteiger partial charge in [-0.05, 0) is 35.9 Å². The highest BCUT2D eigenvalue weighted by Crippen LogP contribution is 2.31. The van der Waals surface area contributed by atoms with Crippen LogP contribution < -0.4 is 14.8 Å². The summed E-state index contributed by atoms with van der Waals surface area (Å²) in [7, 11) is -2.10. The van der Waals surface area contributed by atoms with Gasteiger partial charge in [0.1, 0.15) is 18.2 Å². The lowest BCUT2D eigenvalue weighted by Gasteiger charge is -2.12. The third-order valence-corrected chi connectivity index (χ3v) is 7.30. The van der Waals surface area contributed by atoms with Gasteiger partial charge in [0.05, 0.1) is 7.11 Å². The molecule has 1 heterocycles. The third-order valence-electron chi connectivity index (χ3n) is 4.21. The Bertz CT molecular complexity index is 1410. The van der Waals surface area contributed by atoms with Crippen molar-refractivity contribution >= 4 is 61.5 Å². The summed E-state index contributed by atoms with van der Waals surface area (Å²) in [6.45, 7) is 0.171. The maximum Gasteiger partial charge on any atom is 0.268 e. The Morgan fingerprint density at radius 1 is 1.21 bits per heavy atom. The third kappa shape index (κ3) is 6.45. The number of amides is 1. The van der Waals surface area contributed by atoms with Crippen molar-refractivity contribution in [1.29, 1.82) is 5.26 Å². The fourth-order valence-electron chi connectivity index (χ4n) is 2.58. The molecule has 3 aromatic rings. The Labute approximate surface area is 209 Å². The minimum absolute atomic E-state index is 0.0474. The summed E-state index contributed by atoms with van der Waals surface area (Å²) in [6.07, 6.45) is 2.32. The first kappa shape index (κ1) is 25.5. The van der Waals surface area contributed by atoms with Crippen LogP contribution in [-0.2, 0) is 21.2 Å². The van der Waals surface area contributed by atoms with Crippen molar-refractivity contribution < 1.29 is 22.7 Å². The fourth-order valence-corrected chi connectivity index (χ4v) is 4.54. The van der Waals surface area contributed by atoms with Crippen LogP contribution in [0.3, 0.4) is 0 Å². The lowest BCUT2D eigenvalue weighted by molar-refractivity contribution is -0.112. The summed E-state index contributed by atoms with van der Waals surface area (Å²) in [5.41, 5.74) is 0.991. The highest BCUT2D eigenvalue weighted by molar-refractivity contribution is 7.92. The van der Waals surface area contributed by atoms with Crippen molar-refractivity contribution in [2.75, 3.05) is 18.7 Å². The van der Waals surface area contributed by atoms with E-state index in [2.05, 4.69) is 15.5 Å². The summed E-state index contributed by atoms with van der Waals surface area (Å²) in [6, 6.07) is 11.7. The van der Waals surface area contributed by atoms with E-state index in [0.29, 0.717) is 38.4 Å². The van der Waals surface area contributed by atoms with Crippen LogP contribution in [0, 0.1) is 11.3 Å². The minimum atomic E-state index is -3.56. The van der Waals surface area contributed by atoms with E-state index in [-0.39, 0.29) is 21.7 Å². The zero-order chi connectivity index (χ0) is 24.9. The number of carbonyl (C=O) groups is 1. The highest BCUT2D eigenvalue weighted by Gasteiger charge is 2.18. The molecule has 3 rings (SSSR count). The van der Waals surface area contributed by atoms with Crippen molar-refractivity contribution in [2.24, 2.45) is 0 Å². The van der Waals surface area contributed by atoms with Crippen LogP contribution in [0.1, 0.15) is 11.1 Å². The Morgan fingerprint density at radius 2 is 1.97 bits per heavy atom. The average Bonchev–Trinajstić information content (AvgIpc) is 3.26. The standard InChI is InChI=1S/C21H16Cl2N4O5S2/c1-31-18-8-12(3-6-17(18)32-11-13-4-5-15(22)9-16(13)23)7-14(10-24)19(28)25-20-26-27-21(33-20)34(2,29)30/h3-9H,11H2,1-2H3,(H,25,26,28)/b14-7-. The molecule has 1 N–H and O–H groups in total. The van der Waals surface area contributed by atoms with Crippen LogP contribution in [-0.4, -0.2) is 37.9 Å². The molecule has 0 aliphatic carbocycles. The Balaban J connectivity index is 1.76. The summed E-state index contributed by atoms with van der Waals surface area (Å²) < 4.78 is 33.9. The molecular formula is C21H16Cl2N4O5S2. The first-order valence-corrected chi connectivity index (χ1v) is 12.8. The van der Waals surface area contributed by atoms with Crippen LogP contribution in [0.25, 0.3) is 6.08 Å². The van der Waals surface area contributed by atoms with Gasteiger partial charge in [0, 0.05) is 21.9 Å². The molecule has 34 heavy (non-hydrogen) atoms. The quantitative estimate of drug-likeness (QED) is 0.254. The molecule has 0 spiro atoms. The van der Waals surface area contributed by atoms with Crippen LogP contribution in [0.5, 0.6) is 11.5 Å². The van der Waals surface area contributed by atoms with Crippen molar-refractivity contribution in [3.05, 3.63) is 63.1 Å². The van der Waals surface area contributed by atoms with E-state index in [4.69, 9.17) is 32.7 Å². The number of anilines is 1. The predicted octanol–water partition coefficient (Wildman–Crippen LogP) is 4.38. The topological polar surface area (TPSA) is 131 Å². The second-order valence-electron chi connectivity index (χ2n) is 6.70. The molecule has 0 saturated carbocycles. The van der Waals surface area contributed by atoms with Gasteiger partial charge in [0.2, 0.25) is 19.3 Å². The Morgan fingerprint density at radius 3 is 2.59 bits per heavy atom. The van der Waals surface area contributed by atoms with E-state index in [0.717, 1.165) is 11.8 Å². The van der Waals surface area contributed by atoms with Gasteiger partial charge in [-0.3, -0.25) is 10.1 Å². The van der Waals surface area contributed by atoms with Gasteiger partial charge < -0.3 is 9.47 Å². The molecule has 1 aromatic heterocycles. The molecule has 1 amide bonds. The van der Waals surface area contributed by atoms with E-state index < -0.39 is 15.7 Å². The SMILES string of the molecule is COc1cc(/C=C(/C#N)C(=O)Nc2nnc(S(C)(=O)=O)s2)ccc1OCc1ccc(Cl)cc1Cl. The molecule has 0 radical (unpaired) electrons. The average molecular weight is 539 g/mol. The lowest BCUT2D eigenvalue weighted by atomic mass is 10.1. The van der Waals surface area contributed by atoms with Gasteiger partial charge in [-0.2, -0.15) is 5.26 Å². The molecule has 0 bridgehead atoms. The van der Waals surface area contributed by atoms with Crippen molar-refractivity contribution in [2.45, 2.75) is 10.9 Å². The molecule has 0 aliphatic heterocycles. The predicted molar refractivity (Wildman–Crippen MR) is 129 cm³/mol. The highest BCUT2D eigenvalue weighted by atomic mass is 35.5. The van der Waals surface area contributed by atoms with E-state index >= 15 is 0 Å². The van der Waals surface area contributed by atoms with E-state index in [1.54, 1.807) is 42.5 Å². The van der Waals surface area contributed by atoms with Crippen LogP contribution in [0.4, 0.5) is 5.13 Å². The smallest absolute Gasteiger partial charge is 0.268 e. The molecule has 176 valence electrons. The van der Waals surface area contributed by atoms with Gasteiger partial charge in [0.25, 0.3) is 5.91 Å². The van der Waals surface area contributed by atoms with E-state index in [1.165, 1.54) is 13.2 Å². The van der Waals surface area contributed by atoms with E-state index in [1.807, 2.05) is 0 Å². The van der Waals surface area contributed by atoms with Gasteiger partial charge >= 0.3 is 0 Å². The number of nitrogens with one attached hydrogen (secondary N) is 1. The second kappa shape index (κ2) is 10.8. The maximum absolute atomic E-state index is 12.5. The summed E-state index contributed by atoms with van der Waals surface area (Å²) in [5, 5.41) is 19.8.